The van der Waals surface area contributed by atoms with Gasteiger partial charge in [0.15, 0.2) is 0 Å². The fourth-order valence-electron chi connectivity index (χ4n) is 2.93. The second kappa shape index (κ2) is 4.91. The molecule has 0 amide bonds. The SMILES string of the molecule is COC(=O)C1(Cc2cccc(C)c2)CCCC1. The van der Waals surface area contributed by atoms with E-state index in [2.05, 4.69) is 31.2 Å². The average molecular weight is 232 g/mol. The van der Waals surface area contributed by atoms with Crippen molar-refractivity contribution in [2.45, 2.75) is 39.0 Å². The second-order valence-corrected chi connectivity index (χ2v) is 5.14. The van der Waals surface area contributed by atoms with E-state index in [9.17, 15) is 4.79 Å². The summed E-state index contributed by atoms with van der Waals surface area (Å²) in [7, 11) is 1.50. The molecule has 0 atom stereocenters. The van der Waals surface area contributed by atoms with E-state index in [0.717, 1.165) is 32.1 Å². The van der Waals surface area contributed by atoms with E-state index in [0.29, 0.717) is 0 Å². The Hall–Kier alpha value is -1.31. The number of rotatable bonds is 3. The van der Waals surface area contributed by atoms with Crippen molar-refractivity contribution < 1.29 is 9.53 Å². The molecule has 0 saturated heterocycles. The molecule has 0 bridgehead atoms. The van der Waals surface area contributed by atoms with Gasteiger partial charge in [0, 0.05) is 0 Å². The average Bonchev–Trinajstić information content (AvgIpc) is 2.78. The summed E-state index contributed by atoms with van der Waals surface area (Å²) >= 11 is 0. The lowest BCUT2D eigenvalue weighted by Gasteiger charge is -2.25. The maximum Gasteiger partial charge on any atom is 0.312 e. The number of aryl methyl sites for hydroxylation is 1. The van der Waals surface area contributed by atoms with Gasteiger partial charge in [0.25, 0.3) is 0 Å². The van der Waals surface area contributed by atoms with Crippen LogP contribution in [0.1, 0.15) is 36.8 Å². The highest BCUT2D eigenvalue weighted by molar-refractivity contribution is 5.77. The lowest BCUT2D eigenvalue weighted by molar-refractivity contribution is -0.152. The van der Waals surface area contributed by atoms with Gasteiger partial charge in [0.05, 0.1) is 12.5 Å². The highest BCUT2D eigenvalue weighted by Gasteiger charge is 2.42. The van der Waals surface area contributed by atoms with Crippen molar-refractivity contribution in [2.24, 2.45) is 5.41 Å². The van der Waals surface area contributed by atoms with Crippen molar-refractivity contribution in [3.63, 3.8) is 0 Å². The number of hydrogen-bond donors (Lipinski definition) is 0. The van der Waals surface area contributed by atoms with Crippen LogP contribution < -0.4 is 0 Å². The fourth-order valence-corrected chi connectivity index (χ4v) is 2.93. The van der Waals surface area contributed by atoms with E-state index in [1.807, 2.05) is 0 Å². The van der Waals surface area contributed by atoms with Crippen LogP contribution in [0.25, 0.3) is 0 Å². The molecule has 0 N–H and O–H groups in total. The van der Waals surface area contributed by atoms with Crippen LogP contribution >= 0.6 is 0 Å². The van der Waals surface area contributed by atoms with Crippen LogP contribution in [-0.2, 0) is 16.0 Å². The zero-order valence-electron chi connectivity index (χ0n) is 10.7. The van der Waals surface area contributed by atoms with Crippen LogP contribution in [0.5, 0.6) is 0 Å². The van der Waals surface area contributed by atoms with Crippen molar-refractivity contribution in [3.05, 3.63) is 35.4 Å². The van der Waals surface area contributed by atoms with Gasteiger partial charge in [-0.05, 0) is 31.7 Å². The van der Waals surface area contributed by atoms with E-state index in [-0.39, 0.29) is 11.4 Å². The molecule has 0 spiro atoms. The maximum absolute atomic E-state index is 12.0. The number of esters is 1. The van der Waals surface area contributed by atoms with Gasteiger partial charge in [-0.25, -0.2) is 0 Å². The molecule has 0 unspecified atom stereocenters. The fraction of sp³-hybridized carbons (Fsp3) is 0.533. The smallest absolute Gasteiger partial charge is 0.312 e. The van der Waals surface area contributed by atoms with Crippen LogP contribution in [0.2, 0.25) is 0 Å². The Morgan fingerprint density at radius 2 is 2.06 bits per heavy atom. The Balaban J connectivity index is 2.21. The Morgan fingerprint density at radius 1 is 1.35 bits per heavy atom. The number of methoxy groups -OCH3 is 1. The normalized spacial score (nSPS) is 18.0. The van der Waals surface area contributed by atoms with Crippen LogP contribution in [0.3, 0.4) is 0 Å². The molecule has 0 heterocycles. The molecule has 0 aliphatic heterocycles. The molecular weight excluding hydrogens is 212 g/mol. The van der Waals surface area contributed by atoms with Gasteiger partial charge in [-0.2, -0.15) is 0 Å². The van der Waals surface area contributed by atoms with Crippen molar-refractivity contribution >= 4 is 5.97 Å². The summed E-state index contributed by atoms with van der Waals surface area (Å²) in [5.74, 6) is -0.0310. The third kappa shape index (κ3) is 2.51. The summed E-state index contributed by atoms with van der Waals surface area (Å²) in [5.41, 5.74) is 2.24. The molecule has 1 aromatic rings. The van der Waals surface area contributed by atoms with Crippen LogP contribution in [-0.4, -0.2) is 13.1 Å². The predicted molar refractivity (Wildman–Crippen MR) is 67.8 cm³/mol. The molecule has 0 aromatic heterocycles. The molecule has 2 heteroatoms. The monoisotopic (exact) mass is 232 g/mol. The summed E-state index contributed by atoms with van der Waals surface area (Å²) < 4.78 is 5.00. The molecule has 17 heavy (non-hydrogen) atoms. The number of carbonyl (C=O) groups is 1. The van der Waals surface area contributed by atoms with Gasteiger partial charge in [-0.3, -0.25) is 4.79 Å². The molecule has 1 saturated carbocycles. The molecule has 92 valence electrons. The Bertz CT molecular complexity index is 403. The largest absolute Gasteiger partial charge is 0.469 e. The van der Waals surface area contributed by atoms with Gasteiger partial charge < -0.3 is 4.74 Å². The predicted octanol–water partition coefficient (Wildman–Crippen LogP) is 3.27. The van der Waals surface area contributed by atoms with Gasteiger partial charge in [-0.15, -0.1) is 0 Å². The molecule has 2 nitrogen and oxygen atoms in total. The first-order chi connectivity index (χ1) is 8.16. The lowest BCUT2D eigenvalue weighted by Crippen LogP contribution is -2.31. The summed E-state index contributed by atoms with van der Waals surface area (Å²) in [6, 6.07) is 8.42. The Kier molecular flexibility index (Phi) is 3.51. The van der Waals surface area contributed by atoms with Crippen molar-refractivity contribution in [1.29, 1.82) is 0 Å². The molecule has 1 aromatic carbocycles. The summed E-state index contributed by atoms with van der Waals surface area (Å²) in [6.45, 7) is 2.09. The zero-order valence-corrected chi connectivity index (χ0v) is 10.7. The first kappa shape index (κ1) is 12.2. The van der Waals surface area contributed by atoms with Gasteiger partial charge in [0.1, 0.15) is 0 Å². The molecule has 1 aliphatic carbocycles. The Morgan fingerprint density at radius 3 is 2.65 bits per heavy atom. The standard InChI is InChI=1S/C15H20O2/c1-12-6-5-7-13(10-12)11-15(14(16)17-2)8-3-4-9-15/h5-7,10H,3-4,8-9,11H2,1-2H3. The number of ether oxygens (including phenoxy) is 1. The minimum Gasteiger partial charge on any atom is -0.469 e. The van der Waals surface area contributed by atoms with Crippen LogP contribution in [0.4, 0.5) is 0 Å². The van der Waals surface area contributed by atoms with E-state index < -0.39 is 0 Å². The third-order valence-corrected chi connectivity index (χ3v) is 3.80. The first-order valence-electron chi connectivity index (χ1n) is 6.30. The van der Waals surface area contributed by atoms with Crippen LogP contribution in [0, 0.1) is 12.3 Å². The van der Waals surface area contributed by atoms with Crippen molar-refractivity contribution in [3.8, 4) is 0 Å². The highest BCUT2D eigenvalue weighted by atomic mass is 16.5. The van der Waals surface area contributed by atoms with E-state index in [1.165, 1.54) is 18.2 Å². The maximum atomic E-state index is 12.0. The molecule has 1 aliphatic rings. The number of benzene rings is 1. The van der Waals surface area contributed by atoms with Crippen molar-refractivity contribution in [2.75, 3.05) is 7.11 Å². The van der Waals surface area contributed by atoms with E-state index in [1.54, 1.807) is 0 Å². The van der Waals surface area contributed by atoms with E-state index >= 15 is 0 Å². The molecule has 1 fully saturated rings. The topological polar surface area (TPSA) is 26.3 Å². The molecule has 0 radical (unpaired) electrons. The summed E-state index contributed by atoms with van der Waals surface area (Å²) in [5, 5.41) is 0. The minimum atomic E-state index is -0.261. The number of hydrogen-bond acceptors (Lipinski definition) is 2. The molecular formula is C15H20O2. The molecule has 2 rings (SSSR count). The Labute approximate surface area is 103 Å². The highest BCUT2D eigenvalue weighted by Crippen LogP contribution is 2.42. The van der Waals surface area contributed by atoms with E-state index in [4.69, 9.17) is 4.74 Å². The lowest BCUT2D eigenvalue weighted by atomic mass is 9.80. The van der Waals surface area contributed by atoms with Gasteiger partial charge in [0.2, 0.25) is 0 Å². The number of carbonyl (C=O) groups excluding carboxylic acids is 1. The summed E-state index contributed by atoms with van der Waals surface area (Å²) in [6.07, 6.45) is 5.03. The first-order valence-corrected chi connectivity index (χ1v) is 6.30. The second-order valence-electron chi connectivity index (χ2n) is 5.14. The zero-order chi connectivity index (χ0) is 12.3. The van der Waals surface area contributed by atoms with Gasteiger partial charge in [-0.1, -0.05) is 42.7 Å². The quantitative estimate of drug-likeness (QED) is 0.748. The third-order valence-electron chi connectivity index (χ3n) is 3.80. The summed E-state index contributed by atoms with van der Waals surface area (Å²) in [4.78, 5) is 12.0. The van der Waals surface area contributed by atoms with Crippen molar-refractivity contribution in [1.82, 2.24) is 0 Å². The van der Waals surface area contributed by atoms with Crippen LogP contribution in [0.15, 0.2) is 24.3 Å². The minimum absolute atomic E-state index is 0.0310. The van der Waals surface area contributed by atoms with Gasteiger partial charge >= 0.3 is 5.97 Å².